The van der Waals surface area contributed by atoms with Crippen LogP contribution in [0.15, 0.2) is 77.7 Å². The standard InChI is InChI=1S/C26H21ClN2O4S2/c1-32-22-13-18(11-12-21(22)33-16-19-9-5-6-10-20(19)27)14-23-25(31)29(26(34)35-23)28-24(30)15-17-7-3-2-4-8-17/h2-14H,15-16H2,1H3,(H,28,30). The topological polar surface area (TPSA) is 67.9 Å². The summed E-state index contributed by atoms with van der Waals surface area (Å²) in [5.74, 6) is 0.345. The van der Waals surface area contributed by atoms with Crippen LogP contribution >= 0.6 is 35.6 Å². The van der Waals surface area contributed by atoms with Gasteiger partial charge in [-0.3, -0.25) is 15.0 Å². The number of nitrogens with one attached hydrogen (secondary N) is 1. The number of thiocarbonyl (C=S) groups is 1. The highest BCUT2D eigenvalue weighted by molar-refractivity contribution is 8.26. The smallest absolute Gasteiger partial charge is 0.285 e. The van der Waals surface area contributed by atoms with Crippen molar-refractivity contribution in [1.29, 1.82) is 0 Å². The number of hydrazine groups is 1. The number of nitrogens with zero attached hydrogens (tertiary/aromatic N) is 1. The maximum atomic E-state index is 12.9. The van der Waals surface area contributed by atoms with E-state index in [1.165, 1.54) is 0 Å². The lowest BCUT2D eigenvalue weighted by Gasteiger charge is -2.15. The summed E-state index contributed by atoms with van der Waals surface area (Å²) in [4.78, 5) is 25.7. The fraction of sp³-hybridized carbons (Fsp3) is 0.115. The molecule has 0 aromatic heterocycles. The van der Waals surface area contributed by atoms with Crippen molar-refractivity contribution in [3.63, 3.8) is 0 Å². The number of rotatable bonds is 8. The molecule has 0 unspecified atom stereocenters. The Hall–Kier alpha value is -3.33. The first-order valence-electron chi connectivity index (χ1n) is 10.6. The van der Waals surface area contributed by atoms with Gasteiger partial charge in [0, 0.05) is 10.6 Å². The van der Waals surface area contributed by atoms with Gasteiger partial charge in [-0.2, -0.15) is 5.01 Å². The highest BCUT2D eigenvalue weighted by atomic mass is 35.5. The Morgan fingerprint density at radius 1 is 1.09 bits per heavy atom. The van der Waals surface area contributed by atoms with Gasteiger partial charge < -0.3 is 9.47 Å². The number of hydrogen-bond acceptors (Lipinski definition) is 6. The molecule has 0 radical (unpaired) electrons. The predicted octanol–water partition coefficient (Wildman–Crippen LogP) is 5.40. The van der Waals surface area contributed by atoms with E-state index >= 15 is 0 Å². The molecule has 178 valence electrons. The first kappa shape index (κ1) is 24.8. The van der Waals surface area contributed by atoms with E-state index in [0.717, 1.165) is 33.5 Å². The van der Waals surface area contributed by atoms with Gasteiger partial charge in [0.15, 0.2) is 15.8 Å². The van der Waals surface area contributed by atoms with Crippen molar-refractivity contribution in [1.82, 2.24) is 10.4 Å². The third-order valence-corrected chi connectivity index (χ3v) is 6.74. The van der Waals surface area contributed by atoms with E-state index in [4.69, 9.17) is 33.3 Å². The molecule has 6 nitrogen and oxygen atoms in total. The van der Waals surface area contributed by atoms with Crippen LogP contribution in [0.5, 0.6) is 11.5 Å². The second-order valence-corrected chi connectivity index (χ2v) is 9.59. The Bertz CT molecular complexity index is 1300. The highest BCUT2D eigenvalue weighted by Crippen LogP contribution is 2.34. The van der Waals surface area contributed by atoms with Crippen molar-refractivity contribution in [2.24, 2.45) is 0 Å². The number of ether oxygens (including phenoxy) is 2. The van der Waals surface area contributed by atoms with Crippen LogP contribution in [0.3, 0.4) is 0 Å². The lowest BCUT2D eigenvalue weighted by molar-refractivity contribution is -0.132. The second-order valence-electron chi connectivity index (χ2n) is 7.50. The summed E-state index contributed by atoms with van der Waals surface area (Å²) in [6.07, 6.45) is 1.84. The molecule has 0 atom stereocenters. The minimum atomic E-state index is -0.389. The maximum Gasteiger partial charge on any atom is 0.285 e. The molecule has 9 heteroatoms. The minimum Gasteiger partial charge on any atom is -0.493 e. The predicted molar refractivity (Wildman–Crippen MR) is 142 cm³/mol. The Balaban J connectivity index is 1.44. The zero-order valence-electron chi connectivity index (χ0n) is 18.7. The lowest BCUT2D eigenvalue weighted by Crippen LogP contribution is -2.45. The average Bonchev–Trinajstić information content (AvgIpc) is 3.11. The van der Waals surface area contributed by atoms with Gasteiger partial charge in [0.1, 0.15) is 6.61 Å². The summed E-state index contributed by atoms with van der Waals surface area (Å²) in [7, 11) is 1.54. The van der Waals surface area contributed by atoms with Crippen molar-refractivity contribution in [2.75, 3.05) is 7.11 Å². The average molecular weight is 525 g/mol. The quantitative estimate of drug-likeness (QED) is 0.314. The van der Waals surface area contributed by atoms with E-state index in [2.05, 4.69) is 5.43 Å². The van der Waals surface area contributed by atoms with Crippen LogP contribution in [0.1, 0.15) is 16.7 Å². The van der Waals surface area contributed by atoms with Crippen LogP contribution in [0.4, 0.5) is 0 Å². The minimum absolute atomic E-state index is 0.143. The molecule has 3 aromatic carbocycles. The number of carbonyl (C=O) groups excluding carboxylic acids is 2. The summed E-state index contributed by atoms with van der Waals surface area (Å²) < 4.78 is 11.6. The van der Waals surface area contributed by atoms with Gasteiger partial charge in [-0.25, -0.2) is 0 Å². The van der Waals surface area contributed by atoms with Gasteiger partial charge in [-0.1, -0.05) is 78.0 Å². The fourth-order valence-corrected chi connectivity index (χ4v) is 4.69. The molecule has 1 heterocycles. The normalized spacial score (nSPS) is 14.3. The molecular formula is C26H21ClN2O4S2. The number of thioether (sulfide) groups is 1. The summed E-state index contributed by atoms with van der Waals surface area (Å²) in [6.45, 7) is 0.288. The third kappa shape index (κ3) is 6.22. The number of amides is 2. The van der Waals surface area contributed by atoms with Gasteiger partial charge in [0.25, 0.3) is 5.91 Å². The van der Waals surface area contributed by atoms with Gasteiger partial charge in [0.05, 0.1) is 18.4 Å². The zero-order chi connectivity index (χ0) is 24.8. The van der Waals surface area contributed by atoms with Crippen LogP contribution in [-0.4, -0.2) is 28.3 Å². The van der Waals surface area contributed by atoms with Crippen molar-refractivity contribution in [3.05, 3.63) is 99.4 Å². The molecule has 35 heavy (non-hydrogen) atoms. The summed E-state index contributed by atoms with van der Waals surface area (Å²) >= 11 is 12.6. The SMILES string of the molecule is COc1cc(C=C2SC(=S)N(NC(=O)Cc3ccccc3)C2=O)ccc1OCc1ccccc1Cl. The number of benzene rings is 3. The molecular weight excluding hydrogens is 504 g/mol. The van der Waals surface area contributed by atoms with E-state index in [9.17, 15) is 9.59 Å². The van der Waals surface area contributed by atoms with Gasteiger partial charge in [0.2, 0.25) is 5.91 Å². The molecule has 3 aromatic rings. The summed E-state index contributed by atoms with van der Waals surface area (Å²) in [5, 5.41) is 1.73. The van der Waals surface area contributed by atoms with E-state index in [-0.39, 0.29) is 29.2 Å². The molecule has 2 amide bonds. The molecule has 1 N–H and O–H groups in total. The molecule has 1 fully saturated rings. The van der Waals surface area contributed by atoms with Gasteiger partial charge in [-0.05, 0) is 47.6 Å². The highest BCUT2D eigenvalue weighted by Gasteiger charge is 2.33. The largest absolute Gasteiger partial charge is 0.493 e. The van der Waals surface area contributed by atoms with E-state index in [0.29, 0.717) is 21.4 Å². The van der Waals surface area contributed by atoms with Crippen molar-refractivity contribution < 1.29 is 19.1 Å². The van der Waals surface area contributed by atoms with Crippen LogP contribution in [-0.2, 0) is 22.6 Å². The van der Waals surface area contributed by atoms with Crippen LogP contribution < -0.4 is 14.9 Å². The molecule has 0 spiro atoms. The monoisotopic (exact) mass is 524 g/mol. The number of hydrogen-bond donors (Lipinski definition) is 1. The number of methoxy groups -OCH3 is 1. The van der Waals surface area contributed by atoms with Crippen molar-refractivity contribution in [3.8, 4) is 11.5 Å². The van der Waals surface area contributed by atoms with Crippen LogP contribution in [0.25, 0.3) is 6.08 Å². The van der Waals surface area contributed by atoms with Crippen molar-refractivity contribution in [2.45, 2.75) is 13.0 Å². The molecule has 0 saturated carbocycles. The third-order valence-electron chi connectivity index (χ3n) is 5.06. The van der Waals surface area contributed by atoms with Crippen LogP contribution in [0, 0.1) is 0 Å². The van der Waals surface area contributed by atoms with Crippen molar-refractivity contribution >= 4 is 57.8 Å². The molecule has 4 rings (SSSR count). The Labute approximate surface area is 217 Å². The van der Waals surface area contributed by atoms with E-state index in [1.807, 2.05) is 54.6 Å². The van der Waals surface area contributed by atoms with E-state index < -0.39 is 0 Å². The molecule has 1 aliphatic heterocycles. The number of halogens is 1. The Morgan fingerprint density at radius 3 is 2.57 bits per heavy atom. The molecule has 0 bridgehead atoms. The Morgan fingerprint density at radius 2 is 1.83 bits per heavy atom. The van der Waals surface area contributed by atoms with Gasteiger partial charge >= 0.3 is 0 Å². The fourth-order valence-electron chi connectivity index (χ4n) is 3.33. The molecule has 0 aliphatic carbocycles. The summed E-state index contributed by atoms with van der Waals surface area (Å²) in [6, 6.07) is 22.1. The zero-order valence-corrected chi connectivity index (χ0v) is 21.1. The second kappa shape index (κ2) is 11.4. The Kier molecular flexibility index (Phi) is 8.07. The van der Waals surface area contributed by atoms with Crippen LogP contribution in [0.2, 0.25) is 5.02 Å². The summed E-state index contributed by atoms with van der Waals surface area (Å²) in [5.41, 5.74) is 5.02. The molecule has 1 saturated heterocycles. The first-order valence-corrected chi connectivity index (χ1v) is 12.2. The van der Waals surface area contributed by atoms with E-state index in [1.54, 1.807) is 31.4 Å². The van der Waals surface area contributed by atoms with Gasteiger partial charge in [-0.15, -0.1) is 0 Å². The number of carbonyl (C=O) groups is 2. The molecule has 1 aliphatic rings. The lowest BCUT2D eigenvalue weighted by atomic mass is 10.1. The first-order chi connectivity index (χ1) is 16.9. The maximum absolute atomic E-state index is 12.9.